The molecule has 2 aromatic heterocycles. The first-order chi connectivity index (χ1) is 10.3. The number of hydrogen-bond acceptors (Lipinski definition) is 7. The minimum atomic E-state index is -3.87. The Hall–Kier alpha value is -0.870. The number of sulfonamides is 1. The summed E-state index contributed by atoms with van der Waals surface area (Å²) in [5.41, 5.74) is 0. The molecule has 0 bridgehead atoms. The second-order valence-corrected chi connectivity index (χ2v) is 8.96. The zero-order valence-corrected chi connectivity index (χ0v) is 15.1. The highest BCUT2D eigenvalue weighted by atomic mass is 35.5. The van der Waals surface area contributed by atoms with E-state index in [2.05, 4.69) is 9.71 Å². The van der Waals surface area contributed by atoms with E-state index in [0.717, 1.165) is 22.7 Å². The molecule has 120 valence electrons. The van der Waals surface area contributed by atoms with E-state index in [4.69, 9.17) is 27.9 Å². The van der Waals surface area contributed by atoms with Gasteiger partial charge in [0.05, 0.1) is 17.4 Å². The van der Waals surface area contributed by atoms with Gasteiger partial charge in [-0.25, -0.2) is 13.4 Å². The van der Waals surface area contributed by atoms with Crippen LogP contribution in [0.1, 0.15) is 11.8 Å². The molecule has 1 N–H and O–H groups in total. The second kappa shape index (κ2) is 7.14. The van der Waals surface area contributed by atoms with E-state index in [1.165, 1.54) is 12.3 Å². The van der Waals surface area contributed by atoms with Crippen molar-refractivity contribution in [3.8, 4) is 0 Å². The molecule has 2 heterocycles. The highest BCUT2D eigenvalue weighted by Gasteiger charge is 2.22. The van der Waals surface area contributed by atoms with Gasteiger partial charge in [0, 0.05) is 11.1 Å². The van der Waals surface area contributed by atoms with Crippen LogP contribution < -0.4 is 4.72 Å². The van der Waals surface area contributed by atoms with Gasteiger partial charge in [-0.05, 0) is 13.0 Å². The van der Waals surface area contributed by atoms with E-state index >= 15 is 0 Å². The van der Waals surface area contributed by atoms with Crippen molar-refractivity contribution in [2.75, 3.05) is 11.3 Å². The molecule has 2 aromatic rings. The summed E-state index contributed by atoms with van der Waals surface area (Å²) in [5, 5.41) is 0.137. The van der Waals surface area contributed by atoms with Gasteiger partial charge in [-0.15, -0.1) is 22.7 Å². The topological polar surface area (TPSA) is 85.4 Å². The van der Waals surface area contributed by atoms with Crippen LogP contribution in [0.5, 0.6) is 0 Å². The Morgan fingerprint density at radius 1 is 1.41 bits per heavy atom. The van der Waals surface area contributed by atoms with Crippen LogP contribution >= 0.6 is 45.9 Å². The first-order valence-corrected chi connectivity index (χ1v) is 9.77. The van der Waals surface area contributed by atoms with Crippen molar-refractivity contribution in [3.63, 3.8) is 0 Å². The van der Waals surface area contributed by atoms with Gasteiger partial charge in [0.1, 0.15) is 9.23 Å². The lowest BCUT2D eigenvalue weighted by molar-refractivity contribution is -0.142. The molecule has 0 spiro atoms. The average Bonchev–Trinajstić information content (AvgIpc) is 2.96. The fourth-order valence-electron chi connectivity index (χ4n) is 1.47. The van der Waals surface area contributed by atoms with Gasteiger partial charge < -0.3 is 4.74 Å². The van der Waals surface area contributed by atoms with Gasteiger partial charge >= 0.3 is 5.97 Å². The summed E-state index contributed by atoms with van der Waals surface area (Å²) < 4.78 is 31.9. The maximum atomic E-state index is 12.2. The van der Waals surface area contributed by atoms with Crippen LogP contribution in [0.3, 0.4) is 0 Å². The zero-order chi connectivity index (χ0) is 16.3. The first kappa shape index (κ1) is 17.5. The molecule has 0 aliphatic rings. The largest absolute Gasteiger partial charge is 0.466 e. The van der Waals surface area contributed by atoms with Crippen molar-refractivity contribution >= 4 is 67.0 Å². The van der Waals surface area contributed by atoms with Crippen LogP contribution in [-0.4, -0.2) is 26.0 Å². The third-order valence-electron chi connectivity index (χ3n) is 2.31. The minimum Gasteiger partial charge on any atom is -0.466 e. The molecule has 22 heavy (non-hydrogen) atoms. The summed E-state index contributed by atoms with van der Waals surface area (Å²) in [5.74, 6) is -0.395. The van der Waals surface area contributed by atoms with Crippen molar-refractivity contribution in [2.24, 2.45) is 0 Å². The molecular formula is C11H10Cl2N2O4S3. The molecule has 11 heteroatoms. The Labute approximate surface area is 145 Å². The van der Waals surface area contributed by atoms with E-state index in [1.54, 1.807) is 6.92 Å². The summed E-state index contributed by atoms with van der Waals surface area (Å²) in [6, 6.07) is 1.27. The number of hydrogen-bond donors (Lipinski definition) is 1. The first-order valence-electron chi connectivity index (χ1n) is 5.90. The highest BCUT2D eigenvalue weighted by molar-refractivity contribution is 7.93. The molecule has 0 fully saturated rings. The van der Waals surface area contributed by atoms with Crippen molar-refractivity contribution in [1.29, 1.82) is 0 Å². The third kappa shape index (κ3) is 4.32. The molecule has 0 amide bonds. The smallest absolute Gasteiger partial charge is 0.311 e. The van der Waals surface area contributed by atoms with Gasteiger partial charge in [0.2, 0.25) is 0 Å². The molecule has 0 atom stereocenters. The number of esters is 1. The van der Waals surface area contributed by atoms with Crippen LogP contribution in [0.15, 0.2) is 17.2 Å². The number of anilines is 1. The van der Waals surface area contributed by atoms with Gasteiger partial charge in [0.25, 0.3) is 10.0 Å². The number of halogens is 2. The number of carbonyl (C=O) groups excluding carboxylic acids is 1. The normalized spacial score (nSPS) is 11.4. The number of carbonyl (C=O) groups is 1. The number of rotatable bonds is 6. The van der Waals surface area contributed by atoms with Crippen molar-refractivity contribution < 1.29 is 17.9 Å². The van der Waals surface area contributed by atoms with Crippen LogP contribution in [0, 0.1) is 0 Å². The average molecular weight is 401 g/mol. The molecule has 0 saturated carbocycles. The number of thiazole rings is 1. The van der Waals surface area contributed by atoms with Gasteiger partial charge in [-0.2, -0.15) is 0 Å². The molecule has 0 radical (unpaired) electrons. The van der Waals surface area contributed by atoms with Crippen LogP contribution in [0.25, 0.3) is 0 Å². The molecule has 6 nitrogen and oxygen atoms in total. The Morgan fingerprint density at radius 2 is 2.14 bits per heavy atom. The summed E-state index contributed by atoms with van der Waals surface area (Å²) in [6.45, 7) is 1.99. The third-order valence-corrected chi connectivity index (χ3v) is 6.45. The maximum absolute atomic E-state index is 12.2. The Kier molecular flexibility index (Phi) is 5.67. The van der Waals surface area contributed by atoms with E-state index in [1.807, 2.05) is 0 Å². The number of nitrogens with one attached hydrogen (secondary N) is 1. The van der Waals surface area contributed by atoms with Crippen LogP contribution in [-0.2, 0) is 26.0 Å². The summed E-state index contributed by atoms with van der Waals surface area (Å²) in [4.78, 5) is 15.8. The van der Waals surface area contributed by atoms with Gasteiger partial charge in [-0.3, -0.25) is 9.52 Å². The van der Waals surface area contributed by atoms with Crippen LogP contribution in [0.2, 0.25) is 8.67 Å². The lowest BCUT2D eigenvalue weighted by atomic mass is 10.4. The maximum Gasteiger partial charge on any atom is 0.311 e. The lowest BCUT2D eigenvalue weighted by Crippen LogP contribution is -2.12. The Bertz CT molecular complexity index is 785. The quantitative estimate of drug-likeness (QED) is 0.750. The van der Waals surface area contributed by atoms with E-state index in [-0.39, 0.29) is 31.7 Å². The summed E-state index contributed by atoms with van der Waals surface area (Å²) in [6.07, 6.45) is 1.46. The number of thiophene rings is 1. The Balaban J connectivity index is 2.12. The second-order valence-electron chi connectivity index (χ2n) is 3.91. The summed E-state index contributed by atoms with van der Waals surface area (Å²) >= 11 is 13.6. The molecular weight excluding hydrogens is 391 g/mol. The fraction of sp³-hybridized carbons (Fsp3) is 0.273. The molecule has 0 aliphatic carbocycles. The van der Waals surface area contributed by atoms with Crippen molar-refractivity contribution in [2.45, 2.75) is 18.2 Å². The standard InChI is InChI=1S/C11H10Cl2N2O4S3/c1-2-19-9(16)3-6-5-14-11(20-6)15-22(17,18)7-4-8(12)21-10(7)13/h4-5H,2-3H2,1H3,(H,14,15). The lowest BCUT2D eigenvalue weighted by Gasteiger charge is -2.03. The predicted octanol–water partition coefficient (Wildman–Crippen LogP) is 3.42. The van der Waals surface area contributed by atoms with E-state index in [0.29, 0.717) is 4.88 Å². The zero-order valence-electron chi connectivity index (χ0n) is 11.1. The number of nitrogens with zero attached hydrogens (tertiary/aromatic N) is 1. The van der Waals surface area contributed by atoms with E-state index < -0.39 is 16.0 Å². The van der Waals surface area contributed by atoms with Gasteiger partial charge in [0.15, 0.2) is 5.13 Å². The molecule has 2 rings (SSSR count). The Morgan fingerprint density at radius 3 is 2.73 bits per heavy atom. The van der Waals surface area contributed by atoms with Crippen LogP contribution in [0.4, 0.5) is 5.13 Å². The molecule has 0 saturated heterocycles. The highest BCUT2D eigenvalue weighted by Crippen LogP contribution is 2.35. The van der Waals surface area contributed by atoms with Crippen molar-refractivity contribution in [3.05, 3.63) is 25.8 Å². The van der Waals surface area contributed by atoms with Gasteiger partial charge in [-0.1, -0.05) is 23.2 Å². The minimum absolute atomic E-state index is 0.0400. The number of ether oxygens (including phenoxy) is 1. The van der Waals surface area contributed by atoms with E-state index in [9.17, 15) is 13.2 Å². The number of aromatic nitrogens is 1. The molecule has 0 aromatic carbocycles. The molecule has 0 aliphatic heterocycles. The van der Waals surface area contributed by atoms with Crippen molar-refractivity contribution in [1.82, 2.24) is 4.98 Å². The summed E-state index contributed by atoms with van der Waals surface area (Å²) in [7, 11) is -3.87. The monoisotopic (exact) mass is 400 g/mol. The predicted molar refractivity (Wildman–Crippen MR) is 87.6 cm³/mol. The fourth-order valence-corrected chi connectivity index (χ4v) is 5.66. The SMILES string of the molecule is CCOC(=O)Cc1cnc(NS(=O)(=O)c2cc(Cl)sc2Cl)s1. The molecule has 0 unspecified atom stereocenters.